The van der Waals surface area contributed by atoms with Crippen molar-refractivity contribution in [2.24, 2.45) is 5.73 Å². The first-order chi connectivity index (χ1) is 6.83. The Morgan fingerprint density at radius 1 is 1.40 bits per heavy atom. The van der Waals surface area contributed by atoms with Crippen LogP contribution in [-0.2, 0) is 9.59 Å². The maximum absolute atomic E-state index is 10.4. The minimum Gasteiger partial charge on any atom is -0.370 e. The summed E-state index contributed by atoms with van der Waals surface area (Å²) in [4.78, 5) is 18.4. The van der Waals surface area contributed by atoms with Crippen molar-refractivity contribution in [2.45, 2.75) is 19.0 Å². The van der Waals surface area contributed by atoms with E-state index in [0.717, 1.165) is 12.7 Å². The Hall–Kier alpha value is -1.60. The lowest BCUT2D eigenvalue weighted by molar-refractivity contribution is -0.156. The van der Waals surface area contributed by atoms with Gasteiger partial charge in [-0.2, -0.15) is 13.2 Å². The molecule has 0 radical (unpaired) electrons. The Bertz CT molecular complexity index is 206. The number of nitrogens with one attached hydrogen (secondary N) is 2. The molecule has 15 heavy (non-hydrogen) atoms. The molecule has 0 saturated carbocycles. The highest BCUT2D eigenvalue weighted by molar-refractivity contribution is 5.74. The number of alkyl halides is 3. The Balaban J connectivity index is 0. The zero-order valence-corrected chi connectivity index (χ0v) is 7.80. The molecule has 4 N–H and O–H groups in total. The molecule has 0 spiro atoms. The SMILES string of the molecule is N=C(N)NCCCC=O.O=CC(F)(F)F. The van der Waals surface area contributed by atoms with Crippen LogP contribution in [0.2, 0.25) is 0 Å². The topological polar surface area (TPSA) is 96.0 Å². The first-order valence-electron chi connectivity index (χ1n) is 3.88. The molecule has 0 bridgehead atoms. The molecule has 0 aliphatic heterocycles. The summed E-state index contributed by atoms with van der Waals surface area (Å²) in [6.07, 6.45) is -3.59. The number of hydrogen-bond donors (Lipinski definition) is 3. The number of rotatable bonds is 4. The van der Waals surface area contributed by atoms with Crippen LogP contribution in [0.25, 0.3) is 0 Å². The van der Waals surface area contributed by atoms with Gasteiger partial charge in [-0.1, -0.05) is 0 Å². The Labute approximate surface area is 84.3 Å². The van der Waals surface area contributed by atoms with Gasteiger partial charge in [0.1, 0.15) is 6.29 Å². The van der Waals surface area contributed by atoms with E-state index in [1.165, 1.54) is 0 Å². The lowest BCUT2D eigenvalue weighted by Gasteiger charge is -1.98. The summed E-state index contributed by atoms with van der Waals surface area (Å²) >= 11 is 0. The molecule has 0 rings (SSSR count). The summed E-state index contributed by atoms with van der Waals surface area (Å²) in [6, 6.07) is 0. The fourth-order valence-corrected chi connectivity index (χ4v) is 0.408. The molecule has 0 aliphatic rings. The maximum atomic E-state index is 10.4. The smallest absolute Gasteiger partial charge is 0.370 e. The molecule has 0 aliphatic carbocycles. The quantitative estimate of drug-likeness (QED) is 0.276. The largest absolute Gasteiger partial charge is 0.446 e. The van der Waals surface area contributed by atoms with Crippen LogP contribution in [0.3, 0.4) is 0 Å². The van der Waals surface area contributed by atoms with E-state index in [9.17, 15) is 18.0 Å². The lowest BCUT2D eigenvalue weighted by atomic mass is 10.3. The zero-order chi connectivity index (χ0) is 12.3. The zero-order valence-electron chi connectivity index (χ0n) is 7.80. The van der Waals surface area contributed by atoms with Crippen molar-refractivity contribution in [1.29, 1.82) is 5.41 Å². The van der Waals surface area contributed by atoms with Gasteiger partial charge >= 0.3 is 6.18 Å². The first kappa shape index (κ1) is 15.9. The third-order valence-electron chi connectivity index (χ3n) is 0.948. The molecule has 0 aromatic rings. The Kier molecular flexibility index (Phi) is 9.49. The molecular formula is C7H12F3N3O2. The number of hydrogen-bond acceptors (Lipinski definition) is 3. The van der Waals surface area contributed by atoms with Gasteiger partial charge in [0.2, 0.25) is 6.29 Å². The van der Waals surface area contributed by atoms with E-state index in [-0.39, 0.29) is 5.96 Å². The van der Waals surface area contributed by atoms with Crippen molar-refractivity contribution in [2.75, 3.05) is 6.54 Å². The average molecular weight is 227 g/mol. The highest BCUT2D eigenvalue weighted by atomic mass is 19.4. The molecule has 0 fully saturated rings. The van der Waals surface area contributed by atoms with Gasteiger partial charge in [0, 0.05) is 13.0 Å². The van der Waals surface area contributed by atoms with E-state index in [1.807, 2.05) is 0 Å². The predicted molar refractivity (Wildman–Crippen MR) is 47.3 cm³/mol. The van der Waals surface area contributed by atoms with Gasteiger partial charge in [0.25, 0.3) is 0 Å². The van der Waals surface area contributed by atoms with Crippen LogP contribution >= 0.6 is 0 Å². The predicted octanol–water partition coefficient (Wildman–Crippen LogP) is 0.196. The van der Waals surface area contributed by atoms with Crippen LogP contribution in [0, 0.1) is 5.41 Å². The maximum Gasteiger partial charge on any atom is 0.446 e. The molecular weight excluding hydrogens is 215 g/mol. The monoisotopic (exact) mass is 227 g/mol. The number of carbonyl (C=O) groups excluding carboxylic acids is 2. The van der Waals surface area contributed by atoms with E-state index in [1.54, 1.807) is 0 Å². The van der Waals surface area contributed by atoms with E-state index in [2.05, 4.69) is 5.32 Å². The van der Waals surface area contributed by atoms with Crippen LogP contribution in [0.15, 0.2) is 0 Å². The summed E-state index contributed by atoms with van der Waals surface area (Å²) in [5.41, 5.74) is 4.96. The van der Waals surface area contributed by atoms with Crippen LogP contribution < -0.4 is 11.1 Å². The number of guanidine groups is 1. The fourth-order valence-electron chi connectivity index (χ4n) is 0.408. The second kappa shape index (κ2) is 8.97. The fraction of sp³-hybridized carbons (Fsp3) is 0.571. The van der Waals surface area contributed by atoms with Crippen molar-refractivity contribution in [3.05, 3.63) is 0 Å². The van der Waals surface area contributed by atoms with E-state index in [4.69, 9.17) is 15.9 Å². The summed E-state index contributed by atoms with van der Waals surface area (Å²) in [7, 11) is 0. The van der Waals surface area contributed by atoms with Gasteiger partial charge < -0.3 is 15.8 Å². The summed E-state index contributed by atoms with van der Waals surface area (Å²) < 4.78 is 31.2. The number of halogens is 3. The average Bonchev–Trinajstić information content (AvgIpc) is 2.12. The minimum atomic E-state index is -4.64. The summed E-state index contributed by atoms with van der Waals surface area (Å²) in [5.74, 6) is -0.0408. The Morgan fingerprint density at radius 3 is 2.13 bits per heavy atom. The van der Waals surface area contributed by atoms with Crippen molar-refractivity contribution in [3.8, 4) is 0 Å². The molecule has 0 atom stereocenters. The van der Waals surface area contributed by atoms with E-state index < -0.39 is 12.5 Å². The highest BCUT2D eigenvalue weighted by Gasteiger charge is 2.24. The van der Waals surface area contributed by atoms with Crippen molar-refractivity contribution >= 4 is 18.5 Å². The summed E-state index contributed by atoms with van der Waals surface area (Å²) in [5, 5.41) is 9.29. The van der Waals surface area contributed by atoms with Crippen LogP contribution in [0.1, 0.15) is 12.8 Å². The number of carbonyl (C=O) groups is 2. The van der Waals surface area contributed by atoms with Crippen LogP contribution in [-0.4, -0.2) is 31.3 Å². The third-order valence-corrected chi connectivity index (χ3v) is 0.948. The van der Waals surface area contributed by atoms with Crippen LogP contribution in [0.4, 0.5) is 13.2 Å². The molecule has 5 nitrogen and oxygen atoms in total. The first-order valence-corrected chi connectivity index (χ1v) is 3.88. The molecule has 0 aromatic heterocycles. The van der Waals surface area contributed by atoms with E-state index >= 15 is 0 Å². The highest BCUT2D eigenvalue weighted by Crippen LogP contribution is 2.08. The Morgan fingerprint density at radius 2 is 1.87 bits per heavy atom. The molecule has 88 valence electrons. The molecule has 0 aromatic carbocycles. The number of unbranched alkanes of at least 4 members (excludes halogenated alkanes) is 1. The van der Waals surface area contributed by atoms with E-state index in [0.29, 0.717) is 13.0 Å². The molecule has 0 heterocycles. The van der Waals surface area contributed by atoms with Gasteiger partial charge in [-0.15, -0.1) is 0 Å². The van der Waals surface area contributed by atoms with Crippen molar-refractivity contribution in [1.82, 2.24) is 5.32 Å². The molecule has 8 heteroatoms. The van der Waals surface area contributed by atoms with Gasteiger partial charge in [-0.05, 0) is 6.42 Å². The third kappa shape index (κ3) is 24.5. The number of aldehydes is 2. The van der Waals surface area contributed by atoms with Gasteiger partial charge in [-0.3, -0.25) is 10.2 Å². The number of nitrogens with two attached hydrogens (primary N) is 1. The normalized spacial score (nSPS) is 9.53. The molecule has 0 saturated heterocycles. The second-order valence-electron chi connectivity index (χ2n) is 2.31. The standard InChI is InChI=1S/C5H11N3O.C2HF3O/c6-5(7)8-3-1-2-4-9;3-2(4,5)1-6/h4H,1-3H2,(H4,6,7,8);1H. The van der Waals surface area contributed by atoms with Gasteiger partial charge in [0.15, 0.2) is 5.96 Å². The minimum absolute atomic E-state index is 0.0408. The lowest BCUT2D eigenvalue weighted by Crippen LogP contribution is -2.30. The van der Waals surface area contributed by atoms with Gasteiger partial charge in [-0.25, -0.2) is 0 Å². The van der Waals surface area contributed by atoms with Crippen molar-refractivity contribution < 1.29 is 22.8 Å². The van der Waals surface area contributed by atoms with Gasteiger partial charge in [0.05, 0.1) is 0 Å². The molecule has 0 amide bonds. The molecule has 0 unspecified atom stereocenters. The second-order valence-corrected chi connectivity index (χ2v) is 2.31. The summed E-state index contributed by atoms with van der Waals surface area (Å²) in [6.45, 7) is 0.605. The van der Waals surface area contributed by atoms with Crippen LogP contribution in [0.5, 0.6) is 0 Å². The van der Waals surface area contributed by atoms with Crippen molar-refractivity contribution in [3.63, 3.8) is 0 Å².